The Labute approximate surface area is 538 Å². The van der Waals surface area contributed by atoms with Crippen molar-refractivity contribution in [2.24, 2.45) is 0 Å². The van der Waals surface area contributed by atoms with Gasteiger partial charge in [-0.05, 0) is 151 Å². The van der Waals surface area contributed by atoms with E-state index < -0.39 is 5.41 Å². The zero-order valence-electron chi connectivity index (χ0n) is 50.6. The third-order valence-electron chi connectivity index (χ3n) is 18.8. The molecular weight excluding hydrogens is 1110 g/mol. The number of para-hydroxylation sites is 3. The molecule has 0 amide bonds. The molecular formula is C89H61N3. The van der Waals surface area contributed by atoms with E-state index in [1.807, 2.05) is 0 Å². The minimum atomic E-state index is -0.840. The first-order valence-electron chi connectivity index (χ1n) is 31.7. The van der Waals surface area contributed by atoms with E-state index in [0.29, 0.717) is 0 Å². The van der Waals surface area contributed by atoms with Gasteiger partial charge >= 0.3 is 0 Å². The summed E-state index contributed by atoms with van der Waals surface area (Å²) in [7, 11) is 0. The van der Waals surface area contributed by atoms with Crippen LogP contribution in [0, 0.1) is 0 Å². The van der Waals surface area contributed by atoms with Gasteiger partial charge in [0.05, 0.1) is 28.2 Å². The van der Waals surface area contributed by atoms with E-state index in [0.717, 1.165) is 67.8 Å². The topological polar surface area (TPSA) is 11.4 Å². The molecule has 2 aliphatic rings. The fourth-order valence-electron chi connectivity index (χ4n) is 14.8. The second-order valence-electron chi connectivity index (χ2n) is 23.9. The highest BCUT2D eigenvalue weighted by Crippen LogP contribution is 2.70. The Morgan fingerprint density at radius 3 is 0.902 bits per heavy atom. The molecule has 0 unspecified atom stereocenters. The van der Waals surface area contributed by atoms with E-state index >= 15 is 0 Å². The summed E-state index contributed by atoms with van der Waals surface area (Å²) in [4.78, 5) is 4.99. The van der Waals surface area contributed by atoms with Crippen LogP contribution in [0.1, 0.15) is 22.3 Å². The van der Waals surface area contributed by atoms with Crippen LogP contribution in [-0.2, 0) is 5.41 Å². The van der Waals surface area contributed by atoms with Gasteiger partial charge < -0.3 is 14.4 Å². The van der Waals surface area contributed by atoms with E-state index in [2.05, 4.69) is 384 Å². The number of benzene rings is 14. The van der Waals surface area contributed by atoms with Crippen molar-refractivity contribution in [2.75, 3.05) is 9.80 Å². The first kappa shape index (κ1) is 54.1. The number of hydrogen-bond donors (Lipinski definition) is 0. The molecule has 432 valence electrons. The van der Waals surface area contributed by atoms with Crippen molar-refractivity contribution in [1.29, 1.82) is 0 Å². The van der Waals surface area contributed by atoms with E-state index in [1.54, 1.807) is 0 Å². The van der Waals surface area contributed by atoms with Crippen molar-refractivity contribution in [1.82, 2.24) is 4.57 Å². The molecule has 0 aliphatic heterocycles. The van der Waals surface area contributed by atoms with Gasteiger partial charge in [-0.25, -0.2) is 0 Å². The molecule has 0 fully saturated rings. The van der Waals surface area contributed by atoms with Crippen LogP contribution in [0.15, 0.2) is 370 Å². The summed E-state index contributed by atoms with van der Waals surface area (Å²) in [6.07, 6.45) is 0. The van der Waals surface area contributed by atoms with Crippen molar-refractivity contribution in [3.63, 3.8) is 0 Å². The van der Waals surface area contributed by atoms with Gasteiger partial charge in [0, 0.05) is 50.7 Å². The number of fused-ring (bicyclic) bond motifs is 10. The number of aromatic nitrogens is 1. The van der Waals surface area contributed by atoms with E-state index in [1.165, 1.54) is 83.6 Å². The standard InChI is InChI=1S/C89H61N3/c1-8-26-62(27-9-1)64-46-50-66(51-47-64)68-54-58-75(59-55-68)90(72-34-16-5-17-35-72)81-44-24-42-79-84(81)85-80(43-25-45-82(85)91(73-36-18-6-19-37-73)76-60-56-69(57-61-76)67-52-48-65(49-53-67)63-28-10-2-11-29-63)89(79)78-41-23-22-40-77(78)83-86(89)88(71-32-14-4-15-33-71)92(74-38-20-7-21-39-74)87(83)70-30-12-3-13-31-70/h1-61H. The molecule has 0 radical (unpaired) electrons. The maximum absolute atomic E-state index is 2.57. The summed E-state index contributed by atoms with van der Waals surface area (Å²) < 4.78 is 2.57. The second-order valence-corrected chi connectivity index (χ2v) is 23.9. The maximum atomic E-state index is 2.57. The Kier molecular flexibility index (Phi) is 13.4. The van der Waals surface area contributed by atoms with Crippen molar-refractivity contribution >= 4 is 34.1 Å². The van der Waals surface area contributed by atoms with Gasteiger partial charge in [0.25, 0.3) is 0 Å². The van der Waals surface area contributed by atoms with Gasteiger partial charge in [-0.3, -0.25) is 0 Å². The molecule has 1 heterocycles. The van der Waals surface area contributed by atoms with Gasteiger partial charge in [-0.1, -0.05) is 297 Å². The second kappa shape index (κ2) is 22.8. The first-order valence-corrected chi connectivity index (χ1v) is 31.7. The minimum absolute atomic E-state index is 0.840. The van der Waals surface area contributed by atoms with E-state index in [-0.39, 0.29) is 0 Å². The van der Waals surface area contributed by atoms with Crippen LogP contribution in [0.2, 0.25) is 0 Å². The van der Waals surface area contributed by atoms with Crippen LogP contribution < -0.4 is 9.80 Å². The highest BCUT2D eigenvalue weighted by molar-refractivity contribution is 6.10. The summed E-state index contributed by atoms with van der Waals surface area (Å²) >= 11 is 0. The average Bonchev–Trinajstić information content (AvgIpc) is 1.48. The molecule has 0 N–H and O–H groups in total. The van der Waals surface area contributed by atoms with Crippen LogP contribution in [0.3, 0.4) is 0 Å². The fourth-order valence-corrected chi connectivity index (χ4v) is 14.8. The molecule has 0 bridgehead atoms. The fraction of sp³-hybridized carbons (Fsp3) is 0.0112. The molecule has 0 saturated heterocycles. The Hall–Kier alpha value is -12.0. The minimum Gasteiger partial charge on any atom is -0.310 e. The third-order valence-corrected chi connectivity index (χ3v) is 18.8. The zero-order chi connectivity index (χ0) is 61.0. The zero-order valence-corrected chi connectivity index (χ0v) is 50.6. The first-order chi connectivity index (χ1) is 45.7. The molecule has 92 heavy (non-hydrogen) atoms. The average molecular weight is 1170 g/mol. The predicted octanol–water partition coefficient (Wildman–Crippen LogP) is 23.8. The lowest BCUT2D eigenvalue weighted by Crippen LogP contribution is -2.27. The van der Waals surface area contributed by atoms with Crippen LogP contribution in [-0.4, -0.2) is 4.57 Å². The summed E-state index contributed by atoms with van der Waals surface area (Å²) in [5, 5.41) is 0. The van der Waals surface area contributed by atoms with Crippen LogP contribution in [0.25, 0.3) is 95.0 Å². The van der Waals surface area contributed by atoms with E-state index in [4.69, 9.17) is 0 Å². The van der Waals surface area contributed by atoms with Crippen molar-refractivity contribution in [3.8, 4) is 95.0 Å². The van der Waals surface area contributed by atoms with Gasteiger partial charge in [-0.2, -0.15) is 0 Å². The number of rotatable bonds is 13. The predicted molar refractivity (Wildman–Crippen MR) is 384 cm³/mol. The molecule has 1 aromatic heterocycles. The lowest BCUT2D eigenvalue weighted by atomic mass is 9.69. The summed E-state index contributed by atoms with van der Waals surface area (Å²) in [6.45, 7) is 0. The Balaban J connectivity index is 0.942. The molecule has 3 nitrogen and oxygen atoms in total. The highest BCUT2D eigenvalue weighted by atomic mass is 15.2. The molecule has 0 atom stereocenters. The van der Waals surface area contributed by atoms with Crippen LogP contribution in [0.5, 0.6) is 0 Å². The number of hydrogen-bond acceptors (Lipinski definition) is 2. The monoisotopic (exact) mass is 1170 g/mol. The summed E-state index contributed by atoms with van der Waals surface area (Å²) in [5.41, 5.74) is 30.5. The molecule has 15 aromatic rings. The van der Waals surface area contributed by atoms with Crippen molar-refractivity contribution in [3.05, 3.63) is 392 Å². The quantitative estimate of drug-likeness (QED) is 0.114. The Morgan fingerprint density at radius 2 is 0.500 bits per heavy atom. The Morgan fingerprint density at radius 1 is 0.207 bits per heavy atom. The maximum Gasteiger partial charge on any atom is 0.0748 e. The van der Waals surface area contributed by atoms with E-state index in [9.17, 15) is 0 Å². The molecule has 2 aliphatic carbocycles. The van der Waals surface area contributed by atoms with Gasteiger partial charge in [0.15, 0.2) is 0 Å². The molecule has 17 rings (SSSR count). The lowest BCUT2D eigenvalue weighted by molar-refractivity contribution is 0.791. The van der Waals surface area contributed by atoms with Gasteiger partial charge in [0.2, 0.25) is 0 Å². The highest BCUT2D eigenvalue weighted by Gasteiger charge is 2.57. The number of anilines is 6. The van der Waals surface area contributed by atoms with Gasteiger partial charge in [0.1, 0.15) is 0 Å². The summed E-state index contributed by atoms with van der Waals surface area (Å²) in [5.74, 6) is 0. The lowest BCUT2D eigenvalue weighted by Gasteiger charge is -2.33. The third kappa shape index (κ3) is 8.96. The van der Waals surface area contributed by atoms with Gasteiger partial charge in [-0.15, -0.1) is 0 Å². The largest absolute Gasteiger partial charge is 0.310 e. The molecule has 3 heteroatoms. The number of nitrogens with zero attached hydrogens (tertiary/aromatic N) is 3. The molecule has 14 aromatic carbocycles. The van der Waals surface area contributed by atoms with Crippen LogP contribution in [0.4, 0.5) is 34.1 Å². The molecule has 1 spiro atoms. The molecule has 0 saturated carbocycles. The smallest absolute Gasteiger partial charge is 0.0748 e. The SMILES string of the molecule is c1ccc(-c2ccc(-c3ccc(N(c4ccccc4)c4cccc5c4-c4c(N(c6ccccc6)c6ccc(-c7ccc(-c8ccccc8)cc7)cc6)cccc4C54c5ccccc5-c5c4c(-c4ccccc4)n(-c4ccccc4)c5-c4ccccc4)cc3)cc2)cc1. The summed E-state index contributed by atoms with van der Waals surface area (Å²) in [6, 6.07) is 136. The Bertz CT molecular complexity index is 4870. The van der Waals surface area contributed by atoms with Crippen molar-refractivity contribution in [2.45, 2.75) is 5.41 Å². The normalized spacial score (nSPS) is 12.2. The van der Waals surface area contributed by atoms with Crippen LogP contribution >= 0.6 is 0 Å². The van der Waals surface area contributed by atoms with Crippen molar-refractivity contribution < 1.29 is 0 Å².